The first-order valence-corrected chi connectivity index (χ1v) is 5.75. The molecule has 0 aliphatic carbocycles. The highest BCUT2D eigenvalue weighted by molar-refractivity contribution is 5.67. The van der Waals surface area contributed by atoms with E-state index in [2.05, 4.69) is 0 Å². The van der Waals surface area contributed by atoms with Gasteiger partial charge in [0.15, 0.2) is 0 Å². The van der Waals surface area contributed by atoms with E-state index in [9.17, 15) is 9.50 Å². The van der Waals surface area contributed by atoms with Crippen LogP contribution in [0.4, 0.5) is 4.39 Å². The summed E-state index contributed by atoms with van der Waals surface area (Å²) in [5.41, 5.74) is 2.54. The zero-order valence-electron chi connectivity index (χ0n) is 9.73. The second-order valence-corrected chi connectivity index (χ2v) is 4.02. The van der Waals surface area contributed by atoms with Crippen LogP contribution in [-0.2, 0) is 0 Å². The first-order valence-electron chi connectivity index (χ1n) is 5.75. The van der Waals surface area contributed by atoms with Crippen LogP contribution in [0.2, 0.25) is 0 Å². The maximum absolute atomic E-state index is 13.2. The second-order valence-electron chi connectivity index (χ2n) is 4.02. The molecule has 0 spiro atoms. The molecule has 0 aliphatic heterocycles. The predicted molar refractivity (Wildman–Crippen MR) is 67.1 cm³/mol. The molecule has 2 heteroatoms. The lowest BCUT2D eigenvalue weighted by molar-refractivity contribution is 0.174. The van der Waals surface area contributed by atoms with Crippen molar-refractivity contribution in [2.24, 2.45) is 0 Å². The minimum Gasteiger partial charge on any atom is -0.388 e. The van der Waals surface area contributed by atoms with E-state index in [0.29, 0.717) is 6.42 Å². The number of aliphatic hydroxyl groups is 1. The van der Waals surface area contributed by atoms with Gasteiger partial charge in [-0.2, -0.15) is 0 Å². The van der Waals surface area contributed by atoms with Gasteiger partial charge >= 0.3 is 0 Å². The van der Waals surface area contributed by atoms with Crippen LogP contribution in [0.25, 0.3) is 11.1 Å². The van der Waals surface area contributed by atoms with Crippen molar-refractivity contribution in [1.82, 2.24) is 0 Å². The Labute approximate surface area is 101 Å². The van der Waals surface area contributed by atoms with E-state index in [-0.39, 0.29) is 5.82 Å². The molecule has 0 heterocycles. The number of aliphatic hydroxyl groups excluding tert-OH is 1. The van der Waals surface area contributed by atoms with Crippen molar-refractivity contribution in [2.75, 3.05) is 0 Å². The summed E-state index contributed by atoms with van der Waals surface area (Å²) in [7, 11) is 0. The fraction of sp³-hybridized carbons (Fsp3) is 0.200. The van der Waals surface area contributed by atoms with Crippen molar-refractivity contribution in [3.63, 3.8) is 0 Å². The molecule has 0 fully saturated rings. The minimum absolute atomic E-state index is 0.261. The van der Waals surface area contributed by atoms with Crippen LogP contribution in [0, 0.1) is 5.82 Å². The molecule has 1 atom stereocenters. The Bertz CT molecular complexity index is 508. The minimum atomic E-state index is -0.505. The van der Waals surface area contributed by atoms with E-state index in [4.69, 9.17) is 0 Å². The van der Waals surface area contributed by atoms with Gasteiger partial charge in [0, 0.05) is 0 Å². The van der Waals surface area contributed by atoms with Crippen LogP contribution >= 0.6 is 0 Å². The quantitative estimate of drug-likeness (QED) is 0.846. The summed E-state index contributed by atoms with van der Waals surface area (Å²) in [4.78, 5) is 0. The number of hydrogen-bond donors (Lipinski definition) is 1. The number of benzene rings is 2. The number of hydrogen-bond acceptors (Lipinski definition) is 1. The van der Waals surface area contributed by atoms with Gasteiger partial charge in [-0.1, -0.05) is 43.3 Å². The van der Waals surface area contributed by atoms with Gasteiger partial charge in [0.1, 0.15) is 5.82 Å². The third kappa shape index (κ3) is 2.53. The molecule has 0 radical (unpaired) electrons. The summed E-state index contributed by atoms with van der Waals surface area (Å²) in [6, 6.07) is 14.0. The Morgan fingerprint density at radius 2 is 1.88 bits per heavy atom. The Morgan fingerprint density at radius 3 is 2.59 bits per heavy atom. The zero-order valence-corrected chi connectivity index (χ0v) is 9.73. The van der Waals surface area contributed by atoms with Gasteiger partial charge in [0.05, 0.1) is 6.10 Å². The Morgan fingerprint density at radius 1 is 1.12 bits per heavy atom. The Balaban J connectivity index is 2.52. The molecular formula is C15H15FO. The summed E-state index contributed by atoms with van der Waals surface area (Å²) in [5.74, 6) is -0.261. The molecule has 1 nitrogen and oxygen atoms in total. The molecule has 88 valence electrons. The third-order valence-corrected chi connectivity index (χ3v) is 2.84. The van der Waals surface area contributed by atoms with E-state index in [1.807, 2.05) is 37.3 Å². The number of rotatable bonds is 3. The number of halogens is 1. The molecule has 17 heavy (non-hydrogen) atoms. The van der Waals surface area contributed by atoms with Gasteiger partial charge in [-0.15, -0.1) is 0 Å². The average Bonchev–Trinajstić information content (AvgIpc) is 2.38. The fourth-order valence-electron chi connectivity index (χ4n) is 1.93. The van der Waals surface area contributed by atoms with Crippen molar-refractivity contribution >= 4 is 0 Å². The monoisotopic (exact) mass is 230 g/mol. The molecule has 0 aromatic heterocycles. The molecule has 0 aliphatic rings. The van der Waals surface area contributed by atoms with E-state index in [1.165, 1.54) is 12.1 Å². The first-order chi connectivity index (χ1) is 8.22. The van der Waals surface area contributed by atoms with E-state index in [0.717, 1.165) is 16.7 Å². The lowest BCUT2D eigenvalue weighted by Crippen LogP contribution is -1.98. The van der Waals surface area contributed by atoms with Crippen molar-refractivity contribution in [1.29, 1.82) is 0 Å². The molecule has 0 saturated carbocycles. The van der Waals surface area contributed by atoms with Crippen LogP contribution in [0.3, 0.4) is 0 Å². The van der Waals surface area contributed by atoms with Crippen LogP contribution in [0.15, 0.2) is 48.5 Å². The molecule has 1 N–H and O–H groups in total. The topological polar surface area (TPSA) is 20.2 Å². The lowest BCUT2D eigenvalue weighted by atomic mass is 9.95. The first kappa shape index (κ1) is 11.8. The summed E-state index contributed by atoms with van der Waals surface area (Å²) in [6.07, 6.45) is 0.140. The van der Waals surface area contributed by atoms with Crippen LogP contribution in [0.1, 0.15) is 25.0 Å². The van der Waals surface area contributed by atoms with Gasteiger partial charge in [-0.3, -0.25) is 0 Å². The fourth-order valence-corrected chi connectivity index (χ4v) is 1.93. The van der Waals surface area contributed by atoms with E-state index in [1.54, 1.807) is 6.07 Å². The normalized spacial score (nSPS) is 12.4. The van der Waals surface area contributed by atoms with Gasteiger partial charge in [0.25, 0.3) is 0 Å². The van der Waals surface area contributed by atoms with Gasteiger partial charge in [0.2, 0.25) is 0 Å². The van der Waals surface area contributed by atoms with Crippen molar-refractivity contribution < 1.29 is 9.50 Å². The highest BCUT2D eigenvalue weighted by atomic mass is 19.1. The van der Waals surface area contributed by atoms with Crippen LogP contribution in [0.5, 0.6) is 0 Å². The second kappa shape index (κ2) is 5.11. The van der Waals surface area contributed by atoms with Gasteiger partial charge in [-0.05, 0) is 35.2 Å². The lowest BCUT2D eigenvalue weighted by Gasteiger charge is -2.14. The maximum atomic E-state index is 13.2. The highest BCUT2D eigenvalue weighted by Crippen LogP contribution is 2.29. The van der Waals surface area contributed by atoms with E-state index >= 15 is 0 Å². The van der Waals surface area contributed by atoms with Crippen molar-refractivity contribution in [3.8, 4) is 11.1 Å². The SMILES string of the molecule is CCC(O)c1ccccc1-c1cccc(F)c1. The average molecular weight is 230 g/mol. The third-order valence-electron chi connectivity index (χ3n) is 2.84. The summed E-state index contributed by atoms with van der Waals surface area (Å²) in [5, 5.41) is 9.95. The predicted octanol–water partition coefficient (Wildman–Crippen LogP) is 3.94. The van der Waals surface area contributed by atoms with Gasteiger partial charge < -0.3 is 5.11 Å². The standard InChI is InChI=1S/C15H15FO/c1-2-15(17)14-9-4-3-8-13(14)11-6-5-7-12(16)10-11/h3-10,15,17H,2H2,1H3. The molecule has 2 aromatic carbocycles. The molecule has 1 unspecified atom stereocenters. The molecule has 0 amide bonds. The highest BCUT2D eigenvalue weighted by Gasteiger charge is 2.11. The summed E-state index contributed by atoms with van der Waals surface area (Å²) < 4.78 is 13.2. The molecular weight excluding hydrogens is 215 g/mol. The van der Waals surface area contributed by atoms with Crippen LogP contribution < -0.4 is 0 Å². The molecule has 2 aromatic rings. The van der Waals surface area contributed by atoms with Gasteiger partial charge in [-0.25, -0.2) is 4.39 Å². The van der Waals surface area contributed by atoms with E-state index < -0.39 is 6.10 Å². The molecule has 0 bridgehead atoms. The smallest absolute Gasteiger partial charge is 0.123 e. The van der Waals surface area contributed by atoms with Crippen molar-refractivity contribution in [2.45, 2.75) is 19.4 Å². The Kier molecular flexibility index (Phi) is 3.55. The zero-order chi connectivity index (χ0) is 12.3. The molecule has 2 rings (SSSR count). The van der Waals surface area contributed by atoms with Crippen molar-refractivity contribution in [3.05, 3.63) is 59.9 Å². The van der Waals surface area contributed by atoms with Crippen LogP contribution in [-0.4, -0.2) is 5.11 Å². The Hall–Kier alpha value is -1.67. The summed E-state index contributed by atoms with van der Waals surface area (Å²) in [6.45, 7) is 1.92. The largest absolute Gasteiger partial charge is 0.388 e. The maximum Gasteiger partial charge on any atom is 0.123 e. The summed E-state index contributed by atoms with van der Waals surface area (Å²) >= 11 is 0. The molecule has 0 saturated heterocycles.